The maximum atomic E-state index is 5.77. The van der Waals surface area contributed by atoms with E-state index < -0.39 is 0 Å². The van der Waals surface area contributed by atoms with Crippen LogP contribution in [0.3, 0.4) is 0 Å². The van der Waals surface area contributed by atoms with Gasteiger partial charge in [-0.3, -0.25) is 0 Å². The molecule has 0 saturated heterocycles. The van der Waals surface area contributed by atoms with Crippen molar-refractivity contribution in [2.45, 2.75) is 6.42 Å². The molecular formula is C15H14N2OS. The Hall–Kier alpha value is -1.91. The van der Waals surface area contributed by atoms with E-state index in [-0.39, 0.29) is 0 Å². The summed E-state index contributed by atoms with van der Waals surface area (Å²) < 4.78 is 6.91. The molecule has 0 bridgehead atoms. The largest absolute Gasteiger partial charge is 0.431 e. The van der Waals surface area contributed by atoms with Crippen molar-refractivity contribution in [2.24, 2.45) is 5.73 Å². The predicted octanol–water partition coefficient (Wildman–Crippen LogP) is 3.59. The van der Waals surface area contributed by atoms with Crippen LogP contribution in [0, 0.1) is 0 Å². The summed E-state index contributed by atoms with van der Waals surface area (Å²) in [4.78, 5) is 4.44. The quantitative estimate of drug-likeness (QED) is 0.788. The number of fused-ring (bicyclic) bond motifs is 1. The van der Waals surface area contributed by atoms with Crippen LogP contribution < -0.4 is 10.5 Å². The van der Waals surface area contributed by atoms with E-state index in [0.29, 0.717) is 11.7 Å². The van der Waals surface area contributed by atoms with Gasteiger partial charge in [0.2, 0.25) is 0 Å². The summed E-state index contributed by atoms with van der Waals surface area (Å²) in [5.74, 6) is 0.805. The Balaban J connectivity index is 1.80. The SMILES string of the molecule is NCCc1ccc(Oc2nc3ccccc3s2)cc1. The number of aromatic nitrogens is 1. The molecule has 2 aromatic carbocycles. The number of rotatable bonds is 4. The molecule has 0 aliphatic carbocycles. The van der Waals surface area contributed by atoms with Crippen molar-refractivity contribution in [2.75, 3.05) is 6.54 Å². The molecule has 0 spiro atoms. The fraction of sp³-hybridized carbons (Fsp3) is 0.133. The molecule has 0 atom stereocenters. The summed E-state index contributed by atoms with van der Waals surface area (Å²) in [7, 11) is 0. The number of para-hydroxylation sites is 1. The normalized spacial score (nSPS) is 10.8. The van der Waals surface area contributed by atoms with E-state index in [2.05, 4.69) is 4.98 Å². The average molecular weight is 270 g/mol. The summed E-state index contributed by atoms with van der Waals surface area (Å²) >= 11 is 1.55. The van der Waals surface area contributed by atoms with Crippen LogP contribution in [-0.2, 0) is 6.42 Å². The molecule has 0 amide bonds. The van der Waals surface area contributed by atoms with Crippen LogP contribution in [0.4, 0.5) is 0 Å². The van der Waals surface area contributed by atoms with Crippen molar-refractivity contribution in [3.05, 3.63) is 54.1 Å². The van der Waals surface area contributed by atoms with Crippen LogP contribution in [0.25, 0.3) is 10.2 Å². The molecule has 1 aromatic heterocycles. The second-order valence-corrected chi connectivity index (χ2v) is 5.23. The molecule has 0 saturated carbocycles. The van der Waals surface area contributed by atoms with Crippen molar-refractivity contribution in [1.29, 1.82) is 0 Å². The van der Waals surface area contributed by atoms with Gasteiger partial charge in [-0.2, -0.15) is 0 Å². The Kier molecular flexibility index (Phi) is 3.44. The van der Waals surface area contributed by atoms with E-state index in [1.165, 1.54) is 5.56 Å². The molecule has 0 fully saturated rings. The fourth-order valence-corrected chi connectivity index (χ4v) is 2.72. The number of benzene rings is 2. The molecule has 19 heavy (non-hydrogen) atoms. The van der Waals surface area contributed by atoms with E-state index >= 15 is 0 Å². The van der Waals surface area contributed by atoms with E-state index in [1.807, 2.05) is 48.5 Å². The molecule has 4 heteroatoms. The van der Waals surface area contributed by atoms with Gasteiger partial charge in [-0.25, -0.2) is 4.98 Å². The molecule has 0 aliphatic rings. The summed E-state index contributed by atoms with van der Waals surface area (Å²) in [6, 6.07) is 16.0. The second kappa shape index (κ2) is 5.38. The first-order valence-corrected chi connectivity index (χ1v) is 6.99. The van der Waals surface area contributed by atoms with Crippen LogP contribution in [0.5, 0.6) is 10.9 Å². The van der Waals surface area contributed by atoms with Crippen molar-refractivity contribution >= 4 is 21.6 Å². The molecule has 0 aliphatic heterocycles. The Morgan fingerprint density at radius 2 is 1.84 bits per heavy atom. The molecule has 1 heterocycles. The van der Waals surface area contributed by atoms with Crippen LogP contribution in [0.15, 0.2) is 48.5 Å². The number of ether oxygens (including phenoxy) is 1. The van der Waals surface area contributed by atoms with E-state index in [1.54, 1.807) is 11.3 Å². The third-order valence-corrected chi connectivity index (χ3v) is 3.75. The maximum absolute atomic E-state index is 5.77. The summed E-state index contributed by atoms with van der Waals surface area (Å²) in [6.07, 6.45) is 0.890. The van der Waals surface area contributed by atoms with Crippen LogP contribution >= 0.6 is 11.3 Å². The first-order valence-electron chi connectivity index (χ1n) is 6.17. The highest BCUT2D eigenvalue weighted by atomic mass is 32.1. The Morgan fingerprint density at radius 3 is 2.58 bits per heavy atom. The van der Waals surface area contributed by atoms with Gasteiger partial charge in [0.05, 0.1) is 10.2 Å². The van der Waals surface area contributed by atoms with Crippen LogP contribution in [0.1, 0.15) is 5.56 Å². The number of hydrogen-bond donors (Lipinski definition) is 1. The number of thiazole rings is 1. The lowest BCUT2D eigenvalue weighted by molar-refractivity contribution is 0.480. The Bertz CT molecular complexity index is 643. The highest BCUT2D eigenvalue weighted by Crippen LogP contribution is 2.31. The average Bonchev–Trinajstić information content (AvgIpc) is 2.83. The Morgan fingerprint density at radius 1 is 1.05 bits per heavy atom. The minimum atomic E-state index is 0.665. The third-order valence-electron chi connectivity index (χ3n) is 2.84. The summed E-state index contributed by atoms with van der Waals surface area (Å²) in [5.41, 5.74) is 7.72. The lowest BCUT2D eigenvalue weighted by Crippen LogP contribution is -2.02. The third kappa shape index (κ3) is 2.75. The first kappa shape index (κ1) is 12.1. The van der Waals surface area contributed by atoms with Gasteiger partial charge in [-0.15, -0.1) is 0 Å². The number of hydrogen-bond acceptors (Lipinski definition) is 4. The smallest absolute Gasteiger partial charge is 0.279 e. The van der Waals surface area contributed by atoms with Gasteiger partial charge in [0.15, 0.2) is 0 Å². The van der Waals surface area contributed by atoms with Crippen molar-refractivity contribution < 1.29 is 4.74 Å². The van der Waals surface area contributed by atoms with Crippen molar-refractivity contribution in [3.8, 4) is 10.9 Å². The number of nitrogens with zero attached hydrogens (tertiary/aromatic N) is 1. The minimum Gasteiger partial charge on any atom is -0.431 e. The molecule has 3 aromatic rings. The van der Waals surface area contributed by atoms with Gasteiger partial charge in [-0.1, -0.05) is 35.6 Å². The van der Waals surface area contributed by atoms with Gasteiger partial charge < -0.3 is 10.5 Å². The molecular weight excluding hydrogens is 256 g/mol. The number of nitrogens with two attached hydrogens (primary N) is 1. The van der Waals surface area contributed by atoms with Gasteiger partial charge in [0.25, 0.3) is 5.19 Å². The zero-order valence-corrected chi connectivity index (χ0v) is 11.2. The zero-order valence-electron chi connectivity index (χ0n) is 10.4. The van der Waals surface area contributed by atoms with Crippen LogP contribution in [-0.4, -0.2) is 11.5 Å². The summed E-state index contributed by atoms with van der Waals surface area (Å²) in [6.45, 7) is 0.665. The van der Waals surface area contributed by atoms with Gasteiger partial charge in [-0.05, 0) is 42.8 Å². The fourth-order valence-electron chi connectivity index (χ4n) is 1.89. The lowest BCUT2D eigenvalue weighted by Gasteiger charge is -2.02. The predicted molar refractivity (Wildman–Crippen MR) is 78.9 cm³/mol. The van der Waals surface area contributed by atoms with Gasteiger partial charge in [0, 0.05) is 0 Å². The van der Waals surface area contributed by atoms with Crippen LogP contribution in [0.2, 0.25) is 0 Å². The van der Waals surface area contributed by atoms with Gasteiger partial charge >= 0.3 is 0 Å². The Labute approximate surface area is 115 Å². The van der Waals surface area contributed by atoms with Crippen molar-refractivity contribution in [1.82, 2.24) is 4.98 Å². The van der Waals surface area contributed by atoms with E-state index in [0.717, 1.165) is 22.4 Å². The van der Waals surface area contributed by atoms with Gasteiger partial charge in [0.1, 0.15) is 5.75 Å². The highest BCUT2D eigenvalue weighted by molar-refractivity contribution is 7.20. The standard InChI is InChI=1S/C15H14N2OS/c16-10-9-11-5-7-12(8-6-11)18-15-17-13-3-1-2-4-14(13)19-15/h1-8H,9-10,16H2. The monoisotopic (exact) mass is 270 g/mol. The molecule has 96 valence electrons. The lowest BCUT2D eigenvalue weighted by atomic mass is 10.1. The molecule has 3 nitrogen and oxygen atoms in total. The molecule has 0 radical (unpaired) electrons. The topological polar surface area (TPSA) is 48.1 Å². The minimum absolute atomic E-state index is 0.665. The van der Waals surface area contributed by atoms with E-state index in [9.17, 15) is 0 Å². The zero-order chi connectivity index (χ0) is 13.1. The summed E-state index contributed by atoms with van der Waals surface area (Å²) in [5, 5.41) is 0.674. The first-order chi connectivity index (χ1) is 9.35. The molecule has 3 rings (SSSR count). The maximum Gasteiger partial charge on any atom is 0.279 e. The second-order valence-electron chi connectivity index (χ2n) is 4.23. The molecule has 2 N–H and O–H groups in total. The van der Waals surface area contributed by atoms with Crippen molar-refractivity contribution in [3.63, 3.8) is 0 Å². The van der Waals surface area contributed by atoms with E-state index in [4.69, 9.17) is 10.5 Å². The highest BCUT2D eigenvalue weighted by Gasteiger charge is 2.05. The molecule has 0 unspecified atom stereocenters.